The standard InChI is InChI=1S/C26H28N6O5/c33-23-19-14-17(6-4-5-11-27-25-28-12-13-29-25)9-10-20(19)30-22(32-23)15-21(24(34)35)31-26(36)37-16-18-7-2-1-3-8-18/h1-4,6-10,14,21H,5,11-13,15-16H2,(H,31,36)(H,34,35)(H2,27,28,29)(H,30,32,33)/b6-4+/t21-/m0/s1. The van der Waals surface area contributed by atoms with Gasteiger partial charge in [0, 0.05) is 19.5 Å². The fourth-order valence-electron chi connectivity index (χ4n) is 3.72. The average Bonchev–Trinajstić information content (AvgIpc) is 3.41. The lowest BCUT2D eigenvalue weighted by Crippen LogP contribution is -2.43. The Balaban J connectivity index is 1.36. The highest BCUT2D eigenvalue weighted by Crippen LogP contribution is 2.13. The largest absolute Gasteiger partial charge is 0.480 e. The molecule has 0 spiro atoms. The van der Waals surface area contributed by atoms with Crippen molar-refractivity contribution in [2.45, 2.75) is 25.5 Å². The highest BCUT2D eigenvalue weighted by molar-refractivity contribution is 5.82. The zero-order valence-electron chi connectivity index (χ0n) is 20.1. The second-order valence-electron chi connectivity index (χ2n) is 8.37. The number of carboxylic acid groups (broad SMARTS) is 1. The fraction of sp³-hybridized carbons (Fsp3) is 0.269. The van der Waals surface area contributed by atoms with E-state index in [4.69, 9.17) is 4.74 Å². The number of nitrogens with one attached hydrogen (secondary N) is 4. The Kier molecular flexibility index (Phi) is 8.48. The van der Waals surface area contributed by atoms with Crippen molar-refractivity contribution in [1.29, 1.82) is 0 Å². The summed E-state index contributed by atoms with van der Waals surface area (Å²) in [4.78, 5) is 47.8. The van der Waals surface area contributed by atoms with Gasteiger partial charge in [-0.3, -0.25) is 9.79 Å². The van der Waals surface area contributed by atoms with Crippen LogP contribution in [0.1, 0.15) is 23.4 Å². The SMILES string of the molecule is O=C(N[C@@H](Cc1nc2ccc(/C=C/CCNC3=NCCN3)cc2c(=O)[nH]1)C(=O)O)OCc1ccccc1. The number of ether oxygens (including phenoxy) is 1. The number of aromatic amines is 1. The number of hydrogen-bond donors (Lipinski definition) is 5. The van der Waals surface area contributed by atoms with Crippen LogP contribution in [0, 0.1) is 0 Å². The van der Waals surface area contributed by atoms with Crippen LogP contribution >= 0.6 is 0 Å². The summed E-state index contributed by atoms with van der Waals surface area (Å²) in [6.45, 7) is 2.38. The lowest BCUT2D eigenvalue weighted by Gasteiger charge is -2.14. The van der Waals surface area contributed by atoms with Crippen molar-refractivity contribution < 1.29 is 19.4 Å². The number of rotatable bonds is 10. The van der Waals surface area contributed by atoms with Crippen molar-refractivity contribution in [2.24, 2.45) is 4.99 Å². The van der Waals surface area contributed by atoms with E-state index in [9.17, 15) is 19.5 Å². The first kappa shape index (κ1) is 25.4. The Morgan fingerprint density at radius 3 is 2.78 bits per heavy atom. The van der Waals surface area contributed by atoms with Gasteiger partial charge in [-0.05, 0) is 29.7 Å². The number of fused-ring (bicyclic) bond motifs is 1. The number of aromatic nitrogens is 2. The minimum Gasteiger partial charge on any atom is -0.480 e. The zero-order chi connectivity index (χ0) is 26.0. The van der Waals surface area contributed by atoms with Crippen LogP contribution in [0.4, 0.5) is 4.79 Å². The average molecular weight is 505 g/mol. The van der Waals surface area contributed by atoms with Crippen LogP contribution in [0.25, 0.3) is 17.0 Å². The topological polar surface area (TPSA) is 158 Å². The van der Waals surface area contributed by atoms with Gasteiger partial charge in [0.05, 0.1) is 17.4 Å². The van der Waals surface area contributed by atoms with Gasteiger partial charge in [0.25, 0.3) is 5.56 Å². The number of aliphatic carboxylic acids is 1. The molecule has 11 nitrogen and oxygen atoms in total. The number of alkyl carbamates (subject to hydrolysis) is 1. The quantitative estimate of drug-likeness (QED) is 0.262. The molecule has 1 atom stereocenters. The summed E-state index contributed by atoms with van der Waals surface area (Å²) >= 11 is 0. The molecule has 0 unspecified atom stereocenters. The van der Waals surface area contributed by atoms with Crippen molar-refractivity contribution in [3.63, 3.8) is 0 Å². The van der Waals surface area contributed by atoms with Gasteiger partial charge in [-0.15, -0.1) is 0 Å². The molecule has 0 fully saturated rings. The maximum atomic E-state index is 12.7. The predicted molar refractivity (Wildman–Crippen MR) is 139 cm³/mol. The van der Waals surface area contributed by atoms with Crippen molar-refractivity contribution in [2.75, 3.05) is 19.6 Å². The monoisotopic (exact) mass is 504 g/mol. The minimum absolute atomic E-state index is 0.00383. The number of H-pyrrole nitrogens is 1. The molecule has 5 N–H and O–H groups in total. The van der Waals surface area contributed by atoms with Crippen molar-refractivity contribution in [1.82, 2.24) is 25.9 Å². The van der Waals surface area contributed by atoms with E-state index in [-0.39, 0.29) is 18.9 Å². The summed E-state index contributed by atoms with van der Waals surface area (Å²) < 4.78 is 5.10. The molecule has 2 aromatic carbocycles. The van der Waals surface area contributed by atoms with Gasteiger partial charge >= 0.3 is 12.1 Å². The molecule has 0 bridgehead atoms. The van der Waals surface area contributed by atoms with Crippen LogP contribution in [0.5, 0.6) is 0 Å². The Labute approximate surface area is 212 Å². The smallest absolute Gasteiger partial charge is 0.408 e. The van der Waals surface area contributed by atoms with Crippen LogP contribution in [-0.2, 0) is 22.6 Å². The Bertz CT molecular complexity index is 1370. The second-order valence-corrected chi connectivity index (χ2v) is 8.37. The lowest BCUT2D eigenvalue weighted by atomic mass is 10.1. The van der Waals surface area contributed by atoms with E-state index in [1.165, 1.54) is 0 Å². The molecular formula is C26H28N6O5. The number of nitrogens with zero attached hydrogens (tertiary/aromatic N) is 2. The summed E-state index contributed by atoms with van der Waals surface area (Å²) in [6, 6.07) is 13.0. The van der Waals surface area contributed by atoms with Gasteiger partial charge in [-0.2, -0.15) is 0 Å². The number of hydrogen-bond acceptors (Lipinski definition) is 8. The molecule has 1 aliphatic rings. The molecule has 192 valence electrons. The van der Waals surface area contributed by atoms with E-state index in [2.05, 4.69) is 30.9 Å². The molecule has 3 aromatic rings. The third kappa shape index (κ3) is 7.40. The third-order valence-corrected chi connectivity index (χ3v) is 5.57. The van der Waals surface area contributed by atoms with Crippen LogP contribution in [0.2, 0.25) is 0 Å². The van der Waals surface area contributed by atoms with E-state index in [0.717, 1.165) is 43.1 Å². The van der Waals surface area contributed by atoms with Gasteiger partial charge in [0.2, 0.25) is 0 Å². The zero-order valence-corrected chi connectivity index (χ0v) is 20.1. The van der Waals surface area contributed by atoms with E-state index in [0.29, 0.717) is 10.9 Å². The number of carboxylic acids is 1. The molecule has 2 heterocycles. The number of carbonyl (C=O) groups excluding carboxylic acids is 1. The van der Waals surface area contributed by atoms with Crippen LogP contribution in [0.3, 0.4) is 0 Å². The first-order valence-electron chi connectivity index (χ1n) is 11.9. The van der Waals surface area contributed by atoms with E-state index in [1.807, 2.05) is 24.3 Å². The molecule has 0 aliphatic carbocycles. The number of aliphatic imine (C=N–C) groups is 1. The molecule has 0 saturated heterocycles. The first-order chi connectivity index (χ1) is 18.0. The van der Waals surface area contributed by atoms with Gasteiger partial charge in [-0.25, -0.2) is 14.6 Å². The molecule has 0 saturated carbocycles. The van der Waals surface area contributed by atoms with Crippen molar-refractivity contribution in [3.8, 4) is 0 Å². The molecule has 1 aromatic heterocycles. The maximum absolute atomic E-state index is 12.7. The van der Waals surface area contributed by atoms with E-state index < -0.39 is 23.7 Å². The van der Waals surface area contributed by atoms with Gasteiger partial charge in [0.1, 0.15) is 18.5 Å². The van der Waals surface area contributed by atoms with Crippen LogP contribution in [-0.4, -0.2) is 58.8 Å². The predicted octanol–water partition coefficient (Wildman–Crippen LogP) is 1.80. The molecular weight excluding hydrogens is 476 g/mol. The highest BCUT2D eigenvalue weighted by atomic mass is 16.5. The molecule has 37 heavy (non-hydrogen) atoms. The summed E-state index contributed by atoms with van der Waals surface area (Å²) in [5.74, 6) is -0.312. The Morgan fingerprint density at radius 1 is 1.19 bits per heavy atom. The number of carbonyl (C=O) groups is 2. The molecule has 11 heteroatoms. The fourth-order valence-corrected chi connectivity index (χ4v) is 3.72. The van der Waals surface area contributed by atoms with E-state index >= 15 is 0 Å². The number of benzene rings is 2. The summed E-state index contributed by atoms with van der Waals surface area (Å²) in [7, 11) is 0. The second kappa shape index (κ2) is 12.3. The Hall–Kier alpha value is -4.67. The van der Waals surface area contributed by atoms with Gasteiger partial charge in [-0.1, -0.05) is 48.6 Å². The highest BCUT2D eigenvalue weighted by Gasteiger charge is 2.23. The molecule has 0 radical (unpaired) electrons. The van der Waals surface area contributed by atoms with Gasteiger partial charge in [0.15, 0.2) is 5.96 Å². The molecule has 1 amide bonds. The minimum atomic E-state index is -1.33. The van der Waals surface area contributed by atoms with Crippen LogP contribution < -0.4 is 21.5 Å². The van der Waals surface area contributed by atoms with Crippen molar-refractivity contribution in [3.05, 3.63) is 81.9 Å². The maximum Gasteiger partial charge on any atom is 0.408 e. The number of amides is 1. The summed E-state index contributed by atoms with van der Waals surface area (Å²) in [6.07, 6.45) is 3.61. The summed E-state index contributed by atoms with van der Waals surface area (Å²) in [5.41, 5.74) is 1.65. The Morgan fingerprint density at radius 2 is 2.03 bits per heavy atom. The third-order valence-electron chi connectivity index (χ3n) is 5.57. The molecule has 1 aliphatic heterocycles. The number of guanidine groups is 1. The van der Waals surface area contributed by atoms with Gasteiger partial charge < -0.3 is 30.8 Å². The first-order valence-corrected chi connectivity index (χ1v) is 11.9. The van der Waals surface area contributed by atoms with E-state index in [1.54, 1.807) is 36.4 Å². The van der Waals surface area contributed by atoms with Crippen molar-refractivity contribution >= 4 is 35.0 Å². The normalized spacial score (nSPS) is 13.7. The molecule has 4 rings (SSSR count). The van der Waals surface area contributed by atoms with Crippen LogP contribution in [0.15, 0.2) is 64.4 Å². The summed E-state index contributed by atoms with van der Waals surface area (Å²) in [5, 5.41) is 18.6. The lowest BCUT2D eigenvalue weighted by molar-refractivity contribution is -0.139.